The highest BCUT2D eigenvalue weighted by atomic mass is 16.5. The van der Waals surface area contributed by atoms with Crippen molar-refractivity contribution >= 4 is 23.4 Å². The lowest BCUT2D eigenvalue weighted by atomic mass is 10.1. The van der Waals surface area contributed by atoms with Crippen LogP contribution in [0.15, 0.2) is 72.8 Å². The number of methoxy groups -OCH3 is 2. The molecule has 33 heavy (non-hydrogen) atoms. The maximum atomic E-state index is 12.7. The molecule has 3 N–H and O–H groups in total. The second-order valence-electron chi connectivity index (χ2n) is 6.95. The van der Waals surface area contributed by atoms with Gasteiger partial charge in [-0.2, -0.15) is 0 Å². The van der Waals surface area contributed by atoms with Crippen LogP contribution in [0.1, 0.15) is 31.1 Å². The predicted molar refractivity (Wildman–Crippen MR) is 125 cm³/mol. The number of anilines is 1. The summed E-state index contributed by atoms with van der Waals surface area (Å²) < 4.78 is 10.5. The van der Waals surface area contributed by atoms with Crippen LogP contribution >= 0.6 is 0 Å². The Labute approximate surface area is 191 Å². The summed E-state index contributed by atoms with van der Waals surface area (Å²) in [6.07, 6.45) is 0. The van der Waals surface area contributed by atoms with Crippen molar-refractivity contribution in [1.82, 2.24) is 10.6 Å². The molecule has 0 aromatic heterocycles. The molecule has 3 aromatic carbocycles. The molecular weight excluding hydrogens is 422 g/mol. The summed E-state index contributed by atoms with van der Waals surface area (Å²) in [7, 11) is 2.96. The van der Waals surface area contributed by atoms with E-state index in [1.54, 1.807) is 66.7 Å². The molecule has 0 saturated carbocycles. The number of carbonyl (C=O) groups excluding carboxylic acids is 3. The van der Waals surface area contributed by atoms with Crippen molar-refractivity contribution in [2.24, 2.45) is 0 Å². The number of hydrogen-bond donors (Lipinski definition) is 3. The molecule has 0 aliphatic rings. The molecule has 3 aromatic rings. The Morgan fingerprint density at radius 1 is 0.636 bits per heavy atom. The van der Waals surface area contributed by atoms with Gasteiger partial charge >= 0.3 is 0 Å². The first-order valence-corrected chi connectivity index (χ1v) is 10.3. The van der Waals surface area contributed by atoms with Gasteiger partial charge in [0.2, 0.25) is 0 Å². The van der Waals surface area contributed by atoms with Crippen molar-refractivity contribution in [2.75, 3.05) is 32.6 Å². The highest BCUT2D eigenvalue weighted by Crippen LogP contribution is 2.29. The fraction of sp³-hybridized carbons (Fsp3) is 0.160. The summed E-state index contributed by atoms with van der Waals surface area (Å²) in [4.78, 5) is 37.1. The lowest BCUT2D eigenvalue weighted by Gasteiger charge is -2.13. The molecule has 0 saturated heterocycles. The van der Waals surface area contributed by atoms with Gasteiger partial charge in [0.25, 0.3) is 17.7 Å². The van der Waals surface area contributed by atoms with Crippen LogP contribution < -0.4 is 25.4 Å². The standard InChI is InChI=1S/C25H25N3O5/c1-32-20-9-6-10-21(33-2)22(20)25(31)28-19-13-11-18(12-14-19)24(30)27-16-15-26-23(29)17-7-4-3-5-8-17/h3-14H,15-16H2,1-2H3,(H,26,29)(H,27,30)(H,28,31). The SMILES string of the molecule is COc1cccc(OC)c1C(=O)Nc1ccc(C(=O)NCCNC(=O)c2ccccc2)cc1. The maximum absolute atomic E-state index is 12.7. The number of rotatable bonds is 9. The molecule has 8 nitrogen and oxygen atoms in total. The Bertz CT molecular complexity index is 1090. The molecule has 0 aliphatic carbocycles. The third-order valence-corrected chi connectivity index (χ3v) is 4.79. The van der Waals surface area contributed by atoms with Crippen LogP contribution in [-0.4, -0.2) is 45.0 Å². The molecule has 3 amide bonds. The maximum Gasteiger partial charge on any atom is 0.263 e. The van der Waals surface area contributed by atoms with Gasteiger partial charge in [-0.3, -0.25) is 14.4 Å². The van der Waals surface area contributed by atoms with E-state index >= 15 is 0 Å². The molecule has 0 spiro atoms. The molecule has 170 valence electrons. The van der Waals surface area contributed by atoms with Crippen molar-refractivity contribution in [2.45, 2.75) is 0 Å². The summed E-state index contributed by atoms with van der Waals surface area (Å²) in [6.45, 7) is 0.581. The number of carbonyl (C=O) groups is 3. The lowest BCUT2D eigenvalue weighted by molar-refractivity contribution is 0.0927. The summed E-state index contributed by atoms with van der Waals surface area (Å²) >= 11 is 0. The van der Waals surface area contributed by atoms with E-state index in [-0.39, 0.29) is 23.9 Å². The van der Waals surface area contributed by atoms with E-state index in [2.05, 4.69) is 16.0 Å². The first-order valence-electron chi connectivity index (χ1n) is 10.3. The summed E-state index contributed by atoms with van der Waals surface area (Å²) in [5, 5.41) is 8.27. The molecule has 0 radical (unpaired) electrons. The van der Waals surface area contributed by atoms with E-state index in [0.717, 1.165) is 0 Å². The smallest absolute Gasteiger partial charge is 0.263 e. The summed E-state index contributed by atoms with van der Waals surface area (Å²) in [6, 6.07) is 20.4. The first kappa shape index (κ1) is 23.3. The zero-order valence-electron chi connectivity index (χ0n) is 18.4. The fourth-order valence-corrected chi connectivity index (χ4v) is 3.12. The monoisotopic (exact) mass is 447 g/mol. The molecule has 0 heterocycles. The minimum Gasteiger partial charge on any atom is -0.496 e. The van der Waals surface area contributed by atoms with Crippen LogP contribution in [0.5, 0.6) is 11.5 Å². The second kappa shape index (κ2) is 11.3. The Morgan fingerprint density at radius 2 is 1.15 bits per heavy atom. The van der Waals surface area contributed by atoms with Crippen molar-refractivity contribution in [1.29, 1.82) is 0 Å². The van der Waals surface area contributed by atoms with Gasteiger partial charge in [0, 0.05) is 29.9 Å². The van der Waals surface area contributed by atoms with Gasteiger partial charge in [-0.15, -0.1) is 0 Å². The third kappa shape index (κ3) is 6.10. The molecule has 0 fully saturated rings. The van der Waals surface area contributed by atoms with Crippen LogP contribution in [0.2, 0.25) is 0 Å². The predicted octanol–water partition coefficient (Wildman–Crippen LogP) is 3.12. The molecule has 8 heteroatoms. The van der Waals surface area contributed by atoms with Gasteiger partial charge in [-0.1, -0.05) is 24.3 Å². The molecule has 0 bridgehead atoms. The zero-order valence-corrected chi connectivity index (χ0v) is 18.4. The number of nitrogens with one attached hydrogen (secondary N) is 3. The Kier molecular flexibility index (Phi) is 8.02. The minimum atomic E-state index is -0.393. The van der Waals surface area contributed by atoms with Crippen LogP contribution in [-0.2, 0) is 0 Å². The van der Waals surface area contributed by atoms with Gasteiger partial charge in [0.15, 0.2) is 0 Å². The van der Waals surface area contributed by atoms with Crippen LogP contribution in [0, 0.1) is 0 Å². The number of hydrogen-bond acceptors (Lipinski definition) is 5. The zero-order chi connectivity index (χ0) is 23.6. The largest absolute Gasteiger partial charge is 0.496 e. The van der Waals surface area contributed by atoms with Crippen molar-refractivity contribution in [3.63, 3.8) is 0 Å². The topological polar surface area (TPSA) is 106 Å². The van der Waals surface area contributed by atoms with Gasteiger partial charge < -0.3 is 25.4 Å². The average Bonchev–Trinajstić information content (AvgIpc) is 2.86. The molecule has 0 unspecified atom stereocenters. The molecule has 0 atom stereocenters. The highest BCUT2D eigenvalue weighted by molar-refractivity contribution is 6.08. The second-order valence-corrected chi connectivity index (χ2v) is 6.95. The number of benzene rings is 3. The van der Waals surface area contributed by atoms with E-state index in [4.69, 9.17) is 9.47 Å². The van der Waals surface area contributed by atoms with Crippen molar-refractivity contribution < 1.29 is 23.9 Å². The van der Waals surface area contributed by atoms with Crippen molar-refractivity contribution in [3.05, 3.63) is 89.5 Å². The molecular formula is C25H25N3O5. The molecule has 3 rings (SSSR count). The van der Waals surface area contributed by atoms with Gasteiger partial charge in [-0.05, 0) is 48.5 Å². The van der Waals surface area contributed by atoms with Crippen LogP contribution in [0.3, 0.4) is 0 Å². The number of ether oxygens (including phenoxy) is 2. The normalized spacial score (nSPS) is 10.1. The minimum absolute atomic E-state index is 0.198. The van der Waals surface area contributed by atoms with Gasteiger partial charge in [0.05, 0.1) is 14.2 Å². The van der Waals surface area contributed by atoms with E-state index < -0.39 is 5.91 Å². The van der Waals surface area contributed by atoms with E-state index in [1.807, 2.05) is 6.07 Å². The number of amides is 3. The van der Waals surface area contributed by atoms with Gasteiger partial charge in [-0.25, -0.2) is 0 Å². The summed E-state index contributed by atoms with van der Waals surface area (Å²) in [5.74, 6) is -0.0927. The fourth-order valence-electron chi connectivity index (χ4n) is 3.12. The third-order valence-electron chi connectivity index (χ3n) is 4.79. The Hall–Kier alpha value is -4.33. The average molecular weight is 447 g/mol. The quantitative estimate of drug-likeness (QED) is 0.437. The molecule has 0 aliphatic heterocycles. The van der Waals surface area contributed by atoms with E-state index in [0.29, 0.717) is 34.9 Å². The van der Waals surface area contributed by atoms with E-state index in [9.17, 15) is 14.4 Å². The highest BCUT2D eigenvalue weighted by Gasteiger charge is 2.18. The Balaban J connectivity index is 1.52. The first-order chi connectivity index (χ1) is 16.0. The van der Waals surface area contributed by atoms with Crippen LogP contribution in [0.25, 0.3) is 0 Å². The lowest BCUT2D eigenvalue weighted by Crippen LogP contribution is -2.34. The summed E-state index contributed by atoms with van der Waals surface area (Å²) in [5.41, 5.74) is 1.78. The van der Waals surface area contributed by atoms with E-state index in [1.165, 1.54) is 14.2 Å². The van der Waals surface area contributed by atoms with Crippen LogP contribution in [0.4, 0.5) is 5.69 Å². The van der Waals surface area contributed by atoms with Crippen molar-refractivity contribution in [3.8, 4) is 11.5 Å². The Morgan fingerprint density at radius 3 is 1.67 bits per heavy atom. The van der Waals surface area contributed by atoms with Gasteiger partial charge in [0.1, 0.15) is 17.1 Å².